The first-order valence-electron chi connectivity index (χ1n) is 10.9. The number of nitrogens with one attached hydrogen (secondary N) is 1. The molecule has 7 nitrogen and oxygen atoms in total. The quantitative estimate of drug-likeness (QED) is 0.480. The number of hydrogen-bond donors (Lipinski definition) is 1. The molecule has 3 aromatic carbocycles. The summed E-state index contributed by atoms with van der Waals surface area (Å²) in [6, 6.07) is 22.1. The Morgan fingerprint density at radius 1 is 1.03 bits per heavy atom. The predicted octanol–water partition coefficient (Wildman–Crippen LogP) is 4.52. The molecule has 0 bridgehead atoms. The van der Waals surface area contributed by atoms with Crippen LogP contribution >= 0.6 is 0 Å². The molecule has 0 radical (unpaired) electrons. The van der Waals surface area contributed by atoms with Crippen LogP contribution in [0.3, 0.4) is 0 Å². The van der Waals surface area contributed by atoms with Gasteiger partial charge in [-0.25, -0.2) is 4.39 Å². The van der Waals surface area contributed by atoms with Crippen molar-refractivity contribution in [1.29, 1.82) is 0 Å². The number of amides is 1. The van der Waals surface area contributed by atoms with Gasteiger partial charge in [0.1, 0.15) is 18.4 Å². The number of aromatic nitrogens is 4. The van der Waals surface area contributed by atoms with E-state index in [0.29, 0.717) is 11.6 Å². The number of aryl methyl sites for hydroxylation is 2. The molecule has 0 fully saturated rings. The zero-order valence-electron chi connectivity index (χ0n) is 18.8. The highest BCUT2D eigenvalue weighted by Gasteiger charge is 2.32. The van der Waals surface area contributed by atoms with Gasteiger partial charge in [0.25, 0.3) is 5.95 Å². The second kappa shape index (κ2) is 8.90. The smallest absolute Gasteiger partial charge is 0.251 e. The first-order valence-corrected chi connectivity index (χ1v) is 10.9. The van der Waals surface area contributed by atoms with E-state index in [1.807, 2.05) is 44.2 Å². The molecule has 0 saturated carbocycles. The van der Waals surface area contributed by atoms with E-state index in [1.165, 1.54) is 12.1 Å². The molecule has 2 heterocycles. The molecule has 1 aromatic heterocycles. The SMILES string of the molecule is Cc1ccc([C@H]2C=C(c3ccccc3)N(CC(=O)Nc3cc(F)ccc3C)c3nnnn32)cc1. The van der Waals surface area contributed by atoms with Crippen LogP contribution in [0, 0.1) is 19.7 Å². The van der Waals surface area contributed by atoms with Crippen LogP contribution < -0.4 is 10.2 Å². The number of fused-ring (bicyclic) bond motifs is 1. The zero-order valence-corrected chi connectivity index (χ0v) is 18.8. The van der Waals surface area contributed by atoms with Gasteiger partial charge in [-0.1, -0.05) is 71.3 Å². The molecule has 1 atom stereocenters. The topological polar surface area (TPSA) is 75.9 Å². The summed E-state index contributed by atoms with van der Waals surface area (Å²) < 4.78 is 15.4. The molecule has 8 heteroatoms. The number of tetrazole rings is 1. The number of rotatable bonds is 5. The lowest BCUT2D eigenvalue weighted by atomic mass is 10.00. The van der Waals surface area contributed by atoms with Crippen LogP contribution in [0.5, 0.6) is 0 Å². The Labute approximate surface area is 196 Å². The van der Waals surface area contributed by atoms with E-state index >= 15 is 0 Å². The monoisotopic (exact) mass is 454 g/mol. The van der Waals surface area contributed by atoms with Crippen LogP contribution in [-0.2, 0) is 4.79 Å². The summed E-state index contributed by atoms with van der Waals surface area (Å²) in [6.07, 6.45) is 2.06. The van der Waals surface area contributed by atoms with E-state index in [9.17, 15) is 9.18 Å². The summed E-state index contributed by atoms with van der Waals surface area (Å²) in [5, 5.41) is 15.2. The predicted molar refractivity (Wildman–Crippen MR) is 129 cm³/mol. The van der Waals surface area contributed by atoms with Crippen LogP contribution in [0.25, 0.3) is 5.70 Å². The Morgan fingerprint density at radius 2 is 1.79 bits per heavy atom. The molecule has 1 amide bonds. The lowest BCUT2D eigenvalue weighted by Gasteiger charge is -2.32. The van der Waals surface area contributed by atoms with Gasteiger partial charge in [-0.05, 0) is 59.2 Å². The normalized spacial score (nSPS) is 15.0. The Morgan fingerprint density at radius 3 is 2.56 bits per heavy atom. The highest BCUT2D eigenvalue weighted by Crippen LogP contribution is 2.36. The van der Waals surface area contributed by atoms with E-state index in [4.69, 9.17) is 0 Å². The van der Waals surface area contributed by atoms with Crippen LogP contribution in [0.1, 0.15) is 28.3 Å². The van der Waals surface area contributed by atoms with Gasteiger partial charge in [0.2, 0.25) is 5.91 Å². The average Bonchev–Trinajstić information content (AvgIpc) is 3.33. The molecule has 4 aromatic rings. The summed E-state index contributed by atoms with van der Waals surface area (Å²) >= 11 is 0. The molecular weight excluding hydrogens is 431 g/mol. The number of carbonyl (C=O) groups excluding carboxylic acids is 1. The van der Waals surface area contributed by atoms with Crippen molar-refractivity contribution in [2.45, 2.75) is 19.9 Å². The number of nitrogens with zero attached hydrogens (tertiary/aromatic N) is 5. The van der Waals surface area contributed by atoms with Crippen molar-refractivity contribution in [3.8, 4) is 0 Å². The second-order valence-corrected chi connectivity index (χ2v) is 8.29. The fraction of sp³-hybridized carbons (Fsp3) is 0.154. The van der Waals surface area contributed by atoms with E-state index in [-0.39, 0.29) is 18.5 Å². The Bertz CT molecular complexity index is 1360. The molecule has 0 aliphatic carbocycles. The molecular formula is C26H23FN6O. The van der Waals surface area contributed by atoms with E-state index in [1.54, 1.807) is 15.6 Å². The van der Waals surface area contributed by atoms with Crippen LogP contribution in [0.4, 0.5) is 16.0 Å². The van der Waals surface area contributed by atoms with Gasteiger partial charge in [-0.3, -0.25) is 9.69 Å². The number of anilines is 2. The highest BCUT2D eigenvalue weighted by molar-refractivity contribution is 5.97. The van der Waals surface area contributed by atoms with Gasteiger partial charge in [0.05, 0.1) is 5.70 Å². The fourth-order valence-electron chi connectivity index (χ4n) is 4.04. The van der Waals surface area contributed by atoms with Crippen molar-refractivity contribution in [2.24, 2.45) is 0 Å². The summed E-state index contributed by atoms with van der Waals surface area (Å²) in [6.45, 7) is 3.81. The van der Waals surface area contributed by atoms with Crippen molar-refractivity contribution in [3.63, 3.8) is 0 Å². The van der Waals surface area contributed by atoms with E-state index in [2.05, 4.69) is 51.2 Å². The van der Waals surface area contributed by atoms with Crippen molar-refractivity contribution in [2.75, 3.05) is 16.8 Å². The van der Waals surface area contributed by atoms with Crippen LogP contribution in [0.2, 0.25) is 0 Å². The Kier molecular flexibility index (Phi) is 5.63. The average molecular weight is 455 g/mol. The zero-order chi connectivity index (χ0) is 23.7. The van der Waals surface area contributed by atoms with Crippen LogP contribution in [-0.4, -0.2) is 32.7 Å². The molecule has 5 rings (SSSR count). The summed E-state index contributed by atoms with van der Waals surface area (Å²) in [7, 11) is 0. The largest absolute Gasteiger partial charge is 0.324 e. The minimum absolute atomic E-state index is 0.0440. The number of hydrogen-bond acceptors (Lipinski definition) is 5. The maximum atomic E-state index is 13.7. The number of halogens is 1. The first kappa shape index (κ1) is 21.5. The van der Waals surface area contributed by atoms with Gasteiger partial charge < -0.3 is 5.32 Å². The van der Waals surface area contributed by atoms with E-state index < -0.39 is 5.82 Å². The molecule has 170 valence electrons. The maximum absolute atomic E-state index is 13.7. The summed E-state index contributed by atoms with van der Waals surface area (Å²) in [5.41, 5.74) is 5.16. The third kappa shape index (κ3) is 4.17. The lowest BCUT2D eigenvalue weighted by Crippen LogP contribution is -2.37. The van der Waals surface area contributed by atoms with Crippen molar-refractivity contribution < 1.29 is 9.18 Å². The van der Waals surface area contributed by atoms with Crippen molar-refractivity contribution in [3.05, 3.63) is 107 Å². The van der Waals surface area contributed by atoms with Crippen LogP contribution in [0.15, 0.2) is 78.9 Å². The first-order chi connectivity index (χ1) is 16.5. The molecule has 1 aliphatic rings. The molecule has 0 spiro atoms. The van der Waals surface area contributed by atoms with Crippen molar-refractivity contribution >= 4 is 23.2 Å². The molecule has 0 saturated heterocycles. The fourth-order valence-corrected chi connectivity index (χ4v) is 4.04. The third-order valence-corrected chi connectivity index (χ3v) is 5.85. The minimum Gasteiger partial charge on any atom is -0.324 e. The Hall–Kier alpha value is -4.33. The van der Waals surface area contributed by atoms with Gasteiger partial charge in [0.15, 0.2) is 0 Å². The van der Waals surface area contributed by atoms with Gasteiger partial charge in [0, 0.05) is 5.69 Å². The molecule has 1 aliphatic heterocycles. The molecule has 1 N–H and O–H groups in total. The minimum atomic E-state index is -0.409. The Balaban J connectivity index is 1.53. The van der Waals surface area contributed by atoms with E-state index in [0.717, 1.165) is 28.0 Å². The number of carbonyl (C=O) groups is 1. The molecule has 0 unspecified atom stereocenters. The standard InChI is InChI=1S/C26H23FN6O/c1-17-8-11-20(12-9-17)24-15-23(19-6-4-3-5-7-19)32(26-29-30-31-33(24)26)16-25(34)28-22-14-21(27)13-10-18(22)2/h3-15,24H,16H2,1-2H3,(H,28,34)/t24-/m1/s1. The summed E-state index contributed by atoms with van der Waals surface area (Å²) in [5.74, 6) is -0.259. The third-order valence-electron chi connectivity index (χ3n) is 5.85. The second-order valence-electron chi connectivity index (χ2n) is 8.29. The van der Waals surface area contributed by atoms with Gasteiger partial charge in [-0.2, -0.15) is 4.68 Å². The highest BCUT2D eigenvalue weighted by atomic mass is 19.1. The lowest BCUT2D eigenvalue weighted by molar-refractivity contribution is -0.114. The van der Waals surface area contributed by atoms with Gasteiger partial charge >= 0.3 is 0 Å². The maximum Gasteiger partial charge on any atom is 0.251 e. The molecule has 34 heavy (non-hydrogen) atoms. The van der Waals surface area contributed by atoms with Gasteiger partial charge in [-0.15, -0.1) is 0 Å². The van der Waals surface area contributed by atoms with Crippen molar-refractivity contribution in [1.82, 2.24) is 20.2 Å². The summed E-state index contributed by atoms with van der Waals surface area (Å²) in [4.78, 5) is 14.8. The number of allylic oxidation sites excluding steroid dienone is 1. The number of benzene rings is 3.